The third kappa shape index (κ3) is 6.13. The number of nitro groups is 1. The van der Waals surface area contributed by atoms with Crippen molar-refractivity contribution in [3.8, 4) is 11.3 Å². The minimum Gasteiger partial charge on any atom is -0.467 e. The SMILES string of the molecule is O=C(CC1S/C(=N\N=C\c2ccc(-c3ccccc3[N+](=O)[O-])o2)N(Cc2ccco2)C1=O)Nc1ccccc1. The van der Waals surface area contributed by atoms with Gasteiger partial charge < -0.3 is 14.2 Å². The monoisotopic (exact) mass is 543 g/mol. The van der Waals surface area contributed by atoms with Crippen molar-refractivity contribution < 1.29 is 23.3 Å². The highest BCUT2D eigenvalue weighted by Crippen LogP contribution is 2.32. The van der Waals surface area contributed by atoms with Crippen LogP contribution in [0.15, 0.2) is 104 Å². The molecule has 11 nitrogen and oxygen atoms in total. The molecule has 0 radical (unpaired) electrons. The Labute approximate surface area is 226 Å². The molecular formula is C27H21N5O6S. The number of amides is 2. The molecule has 1 N–H and O–H groups in total. The normalized spacial score (nSPS) is 16.3. The molecule has 196 valence electrons. The molecule has 0 saturated carbocycles. The van der Waals surface area contributed by atoms with E-state index in [1.54, 1.807) is 54.6 Å². The van der Waals surface area contributed by atoms with Gasteiger partial charge in [-0.1, -0.05) is 42.1 Å². The Hall–Kier alpha value is -4.97. The number of rotatable bonds is 9. The lowest BCUT2D eigenvalue weighted by Crippen LogP contribution is -2.33. The quantitative estimate of drug-likeness (QED) is 0.171. The highest BCUT2D eigenvalue weighted by Gasteiger charge is 2.39. The zero-order valence-electron chi connectivity index (χ0n) is 20.3. The van der Waals surface area contributed by atoms with Crippen LogP contribution in [-0.4, -0.2) is 38.3 Å². The third-order valence-electron chi connectivity index (χ3n) is 5.66. The second kappa shape index (κ2) is 11.6. The van der Waals surface area contributed by atoms with E-state index in [0.717, 1.165) is 11.8 Å². The zero-order valence-corrected chi connectivity index (χ0v) is 21.1. The average Bonchev–Trinajstić information content (AvgIpc) is 3.68. The van der Waals surface area contributed by atoms with Crippen LogP contribution >= 0.6 is 11.8 Å². The molecule has 2 aromatic heterocycles. The van der Waals surface area contributed by atoms with Crippen LogP contribution in [0.3, 0.4) is 0 Å². The summed E-state index contributed by atoms with van der Waals surface area (Å²) in [7, 11) is 0. The van der Waals surface area contributed by atoms with Crippen LogP contribution in [0.5, 0.6) is 0 Å². The summed E-state index contributed by atoms with van der Waals surface area (Å²) >= 11 is 1.13. The zero-order chi connectivity index (χ0) is 27.2. The second-order valence-electron chi connectivity index (χ2n) is 8.33. The summed E-state index contributed by atoms with van der Waals surface area (Å²) in [6.07, 6.45) is 2.80. The van der Waals surface area contributed by atoms with Gasteiger partial charge in [0.1, 0.15) is 22.5 Å². The Morgan fingerprint density at radius 2 is 1.87 bits per heavy atom. The molecule has 0 spiro atoms. The van der Waals surface area contributed by atoms with Gasteiger partial charge in [0, 0.05) is 18.2 Å². The van der Waals surface area contributed by atoms with Crippen molar-refractivity contribution in [3.63, 3.8) is 0 Å². The van der Waals surface area contributed by atoms with Crippen LogP contribution in [0, 0.1) is 10.1 Å². The Balaban J connectivity index is 1.32. The van der Waals surface area contributed by atoms with Gasteiger partial charge in [-0.15, -0.1) is 5.10 Å². The van der Waals surface area contributed by atoms with Gasteiger partial charge in [-0.2, -0.15) is 5.10 Å². The van der Waals surface area contributed by atoms with E-state index >= 15 is 0 Å². The summed E-state index contributed by atoms with van der Waals surface area (Å²) in [5, 5.41) is 22.0. The molecule has 1 aliphatic heterocycles. The maximum atomic E-state index is 13.2. The van der Waals surface area contributed by atoms with E-state index < -0.39 is 10.2 Å². The lowest BCUT2D eigenvalue weighted by Gasteiger charge is -2.14. The predicted molar refractivity (Wildman–Crippen MR) is 146 cm³/mol. The van der Waals surface area contributed by atoms with E-state index in [9.17, 15) is 19.7 Å². The van der Waals surface area contributed by atoms with Gasteiger partial charge in [-0.3, -0.25) is 24.6 Å². The molecule has 0 bridgehead atoms. The molecule has 1 fully saturated rings. The highest BCUT2D eigenvalue weighted by molar-refractivity contribution is 8.15. The Kier molecular flexibility index (Phi) is 7.64. The average molecular weight is 544 g/mol. The van der Waals surface area contributed by atoms with Gasteiger partial charge in [0.2, 0.25) is 11.8 Å². The Morgan fingerprint density at radius 3 is 2.64 bits per heavy atom. The lowest BCUT2D eigenvalue weighted by molar-refractivity contribution is -0.384. The lowest BCUT2D eigenvalue weighted by atomic mass is 10.1. The van der Waals surface area contributed by atoms with E-state index in [2.05, 4.69) is 15.5 Å². The van der Waals surface area contributed by atoms with Crippen LogP contribution in [0.4, 0.5) is 11.4 Å². The fourth-order valence-electron chi connectivity index (χ4n) is 3.87. The molecular weight excluding hydrogens is 522 g/mol. The molecule has 2 amide bonds. The number of anilines is 1. The maximum Gasteiger partial charge on any atom is 0.280 e. The van der Waals surface area contributed by atoms with E-state index in [1.165, 1.54) is 23.4 Å². The molecule has 1 aliphatic rings. The fourth-order valence-corrected chi connectivity index (χ4v) is 4.96. The largest absolute Gasteiger partial charge is 0.467 e. The van der Waals surface area contributed by atoms with Crippen molar-refractivity contribution in [2.45, 2.75) is 18.2 Å². The van der Waals surface area contributed by atoms with Crippen molar-refractivity contribution in [3.05, 3.63) is 107 Å². The summed E-state index contributed by atoms with van der Waals surface area (Å²) in [5.74, 6) is 0.595. The number of hydrogen-bond donors (Lipinski definition) is 1. The number of carbonyl (C=O) groups is 2. The van der Waals surface area contributed by atoms with E-state index in [1.807, 2.05) is 18.2 Å². The number of hydrogen-bond acceptors (Lipinski definition) is 9. The Bertz CT molecular complexity index is 1550. The molecule has 1 unspecified atom stereocenters. The molecule has 1 atom stereocenters. The van der Waals surface area contributed by atoms with Crippen LogP contribution < -0.4 is 5.32 Å². The van der Waals surface area contributed by atoms with E-state index in [-0.39, 0.29) is 30.5 Å². The van der Waals surface area contributed by atoms with Crippen molar-refractivity contribution >= 4 is 46.3 Å². The number of amidine groups is 1. The van der Waals surface area contributed by atoms with Crippen molar-refractivity contribution in [1.82, 2.24) is 4.90 Å². The number of furan rings is 2. The van der Waals surface area contributed by atoms with Crippen molar-refractivity contribution in [2.24, 2.45) is 10.2 Å². The van der Waals surface area contributed by atoms with E-state index in [4.69, 9.17) is 8.83 Å². The van der Waals surface area contributed by atoms with Gasteiger partial charge in [0.05, 0.1) is 29.5 Å². The predicted octanol–water partition coefficient (Wildman–Crippen LogP) is 5.31. The number of nitrogens with zero attached hydrogens (tertiary/aromatic N) is 4. The first-order valence-corrected chi connectivity index (χ1v) is 12.7. The molecule has 1 saturated heterocycles. The molecule has 2 aromatic carbocycles. The summed E-state index contributed by atoms with van der Waals surface area (Å²) in [6, 6.07) is 21.9. The first-order valence-electron chi connectivity index (χ1n) is 11.8. The molecule has 5 rings (SSSR count). The smallest absolute Gasteiger partial charge is 0.280 e. The minimum atomic E-state index is -0.688. The van der Waals surface area contributed by atoms with Gasteiger partial charge in [-0.05, 0) is 42.5 Å². The van der Waals surface area contributed by atoms with Crippen LogP contribution in [-0.2, 0) is 16.1 Å². The second-order valence-corrected chi connectivity index (χ2v) is 9.50. The van der Waals surface area contributed by atoms with Gasteiger partial charge in [-0.25, -0.2) is 0 Å². The first-order chi connectivity index (χ1) is 19.0. The number of benzene rings is 2. The van der Waals surface area contributed by atoms with Crippen LogP contribution in [0.25, 0.3) is 11.3 Å². The summed E-state index contributed by atoms with van der Waals surface area (Å²) in [4.78, 5) is 38.1. The Morgan fingerprint density at radius 1 is 1.08 bits per heavy atom. The molecule has 12 heteroatoms. The third-order valence-corrected chi connectivity index (χ3v) is 6.83. The molecule has 3 heterocycles. The molecule has 39 heavy (non-hydrogen) atoms. The molecule has 0 aliphatic carbocycles. The highest BCUT2D eigenvalue weighted by atomic mass is 32.2. The number of nitrogens with one attached hydrogen (secondary N) is 1. The summed E-state index contributed by atoms with van der Waals surface area (Å²) < 4.78 is 11.1. The number of nitro benzene ring substituents is 1. The van der Waals surface area contributed by atoms with Crippen molar-refractivity contribution in [1.29, 1.82) is 0 Å². The fraction of sp³-hybridized carbons (Fsp3) is 0.111. The summed E-state index contributed by atoms with van der Waals surface area (Å²) in [5.41, 5.74) is 0.904. The van der Waals surface area contributed by atoms with Crippen LogP contribution in [0.2, 0.25) is 0 Å². The van der Waals surface area contributed by atoms with E-state index in [0.29, 0.717) is 33.7 Å². The number of thioether (sulfide) groups is 1. The molecule has 4 aromatic rings. The topological polar surface area (TPSA) is 144 Å². The maximum absolute atomic E-state index is 13.2. The first kappa shape index (κ1) is 25.7. The summed E-state index contributed by atoms with van der Waals surface area (Å²) in [6.45, 7) is 0.132. The number of para-hydroxylation sites is 2. The standard InChI is InChI=1S/C27H21N5O6S/c33-25(29-18-7-2-1-3-8-18)15-24-26(34)31(17-20-9-6-14-37-20)27(39-24)30-28-16-19-12-13-23(38-19)21-10-4-5-11-22(21)32(35)36/h1-14,16,24H,15,17H2,(H,29,33)/b28-16+,30-27-. The van der Waals surface area contributed by atoms with Gasteiger partial charge in [0.25, 0.3) is 5.69 Å². The van der Waals surface area contributed by atoms with Gasteiger partial charge >= 0.3 is 0 Å². The van der Waals surface area contributed by atoms with Crippen LogP contribution in [0.1, 0.15) is 17.9 Å². The van der Waals surface area contributed by atoms with Gasteiger partial charge in [0.15, 0.2) is 5.17 Å². The number of carbonyl (C=O) groups excluding carboxylic acids is 2. The van der Waals surface area contributed by atoms with Crippen molar-refractivity contribution in [2.75, 3.05) is 5.32 Å². The minimum absolute atomic E-state index is 0.0484.